The van der Waals surface area contributed by atoms with Crippen molar-refractivity contribution < 1.29 is 4.79 Å². The van der Waals surface area contributed by atoms with E-state index in [2.05, 4.69) is 5.32 Å². The summed E-state index contributed by atoms with van der Waals surface area (Å²) in [6, 6.07) is 14.7. The highest BCUT2D eigenvalue weighted by molar-refractivity contribution is 6.31. The van der Waals surface area contributed by atoms with Gasteiger partial charge in [0.2, 0.25) is 0 Å². The Morgan fingerprint density at radius 2 is 1.90 bits per heavy atom. The Hall–Kier alpha value is -1.51. The molecule has 1 N–H and O–H groups in total. The second kappa shape index (κ2) is 6.78. The van der Waals surface area contributed by atoms with E-state index in [1.54, 1.807) is 12.1 Å². The van der Waals surface area contributed by atoms with Gasteiger partial charge in [-0.2, -0.15) is 0 Å². The largest absolute Gasteiger partial charge is 0.344 e. The summed E-state index contributed by atoms with van der Waals surface area (Å²) in [7, 11) is 0. The van der Waals surface area contributed by atoms with Crippen LogP contribution in [0.5, 0.6) is 0 Å². The van der Waals surface area contributed by atoms with Crippen molar-refractivity contribution in [2.45, 2.75) is 13.0 Å². The first-order valence-electron chi connectivity index (χ1n) is 6.29. The van der Waals surface area contributed by atoms with Crippen LogP contribution in [-0.4, -0.2) is 11.8 Å². The van der Waals surface area contributed by atoms with Crippen molar-refractivity contribution in [3.8, 4) is 0 Å². The topological polar surface area (TPSA) is 29.1 Å². The molecule has 0 heterocycles. The van der Waals surface area contributed by atoms with E-state index in [-0.39, 0.29) is 11.9 Å². The van der Waals surface area contributed by atoms with Crippen LogP contribution in [0.3, 0.4) is 0 Å². The number of rotatable bonds is 4. The fraction of sp³-hybridized carbons (Fsp3) is 0.188. The van der Waals surface area contributed by atoms with Gasteiger partial charge in [0.15, 0.2) is 0 Å². The number of hydrogen-bond donors (Lipinski definition) is 1. The number of benzene rings is 2. The highest BCUT2D eigenvalue weighted by atomic mass is 35.5. The van der Waals surface area contributed by atoms with Crippen LogP contribution in [0.25, 0.3) is 0 Å². The molecule has 0 spiro atoms. The Labute approximate surface area is 128 Å². The first-order valence-corrected chi connectivity index (χ1v) is 7.20. The van der Waals surface area contributed by atoms with E-state index in [4.69, 9.17) is 23.2 Å². The molecule has 0 fully saturated rings. The lowest BCUT2D eigenvalue weighted by atomic mass is 10.1. The smallest absolute Gasteiger partial charge is 0.251 e. The van der Waals surface area contributed by atoms with Crippen LogP contribution in [0.4, 0.5) is 0 Å². The number of alkyl halides is 1. The van der Waals surface area contributed by atoms with Crippen LogP contribution in [0.2, 0.25) is 5.02 Å². The molecule has 2 rings (SSSR count). The van der Waals surface area contributed by atoms with E-state index in [0.717, 1.165) is 11.1 Å². The number of aryl methyl sites for hydroxylation is 1. The lowest BCUT2D eigenvalue weighted by molar-refractivity contribution is 0.0940. The number of nitrogens with one attached hydrogen (secondary N) is 1. The van der Waals surface area contributed by atoms with Gasteiger partial charge in [-0.3, -0.25) is 4.79 Å². The predicted molar refractivity (Wildman–Crippen MR) is 83.6 cm³/mol. The molecule has 0 bridgehead atoms. The molecule has 0 aliphatic rings. The minimum absolute atomic E-state index is 0.176. The average Bonchev–Trinajstić information content (AvgIpc) is 2.44. The molecule has 104 valence electrons. The summed E-state index contributed by atoms with van der Waals surface area (Å²) in [6.45, 7) is 1.90. The summed E-state index contributed by atoms with van der Waals surface area (Å²) in [5.41, 5.74) is 2.47. The van der Waals surface area contributed by atoms with E-state index < -0.39 is 0 Å². The third-order valence-electron chi connectivity index (χ3n) is 2.97. The van der Waals surface area contributed by atoms with Gasteiger partial charge in [-0.05, 0) is 36.2 Å². The zero-order valence-corrected chi connectivity index (χ0v) is 12.6. The minimum atomic E-state index is -0.218. The number of hydrogen-bond acceptors (Lipinski definition) is 1. The van der Waals surface area contributed by atoms with Gasteiger partial charge in [0, 0.05) is 16.5 Å². The Balaban J connectivity index is 2.17. The highest BCUT2D eigenvalue weighted by Crippen LogP contribution is 2.18. The zero-order valence-electron chi connectivity index (χ0n) is 11.1. The second-order valence-electron chi connectivity index (χ2n) is 4.61. The molecule has 0 aliphatic carbocycles. The van der Waals surface area contributed by atoms with Crippen LogP contribution in [0.15, 0.2) is 48.5 Å². The van der Waals surface area contributed by atoms with Crippen molar-refractivity contribution in [2.75, 3.05) is 5.88 Å². The number of carbonyl (C=O) groups is 1. The Morgan fingerprint density at radius 1 is 1.20 bits per heavy atom. The molecule has 1 unspecified atom stereocenters. The second-order valence-corrected chi connectivity index (χ2v) is 5.35. The van der Waals surface area contributed by atoms with Gasteiger partial charge >= 0.3 is 0 Å². The van der Waals surface area contributed by atoms with E-state index in [1.165, 1.54) is 0 Å². The fourth-order valence-electron chi connectivity index (χ4n) is 2.01. The van der Waals surface area contributed by atoms with Crippen LogP contribution in [-0.2, 0) is 0 Å². The molecular formula is C16H15Cl2NO. The minimum Gasteiger partial charge on any atom is -0.344 e. The molecule has 0 saturated heterocycles. The van der Waals surface area contributed by atoms with Gasteiger partial charge in [0.25, 0.3) is 5.91 Å². The molecule has 0 aliphatic heterocycles. The molecule has 2 aromatic carbocycles. The van der Waals surface area contributed by atoms with Gasteiger partial charge in [0.05, 0.1) is 6.04 Å². The lowest BCUT2D eigenvalue weighted by Gasteiger charge is -2.16. The summed E-state index contributed by atoms with van der Waals surface area (Å²) in [4.78, 5) is 12.3. The number of halogens is 2. The van der Waals surface area contributed by atoms with Gasteiger partial charge in [0.1, 0.15) is 0 Å². The molecule has 2 nitrogen and oxygen atoms in total. The SMILES string of the molecule is Cc1cc(Cl)cc(C(=O)NC(CCl)c2ccccc2)c1. The summed E-state index contributed by atoms with van der Waals surface area (Å²) in [6.07, 6.45) is 0. The maximum atomic E-state index is 12.3. The van der Waals surface area contributed by atoms with Crippen LogP contribution >= 0.6 is 23.2 Å². The van der Waals surface area contributed by atoms with Crippen molar-refractivity contribution in [3.63, 3.8) is 0 Å². The molecule has 2 aromatic rings. The third-order valence-corrected chi connectivity index (χ3v) is 3.49. The molecule has 0 aromatic heterocycles. The molecule has 0 saturated carbocycles. The standard InChI is InChI=1S/C16H15Cl2NO/c1-11-7-13(9-14(18)8-11)16(20)19-15(10-17)12-5-3-2-4-6-12/h2-9,15H,10H2,1H3,(H,19,20). The highest BCUT2D eigenvalue weighted by Gasteiger charge is 2.15. The van der Waals surface area contributed by atoms with Crippen molar-refractivity contribution >= 4 is 29.1 Å². The first-order chi connectivity index (χ1) is 9.60. The van der Waals surface area contributed by atoms with E-state index in [0.29, 0.717) is 16.5 Å². The van der Waals surface area contributed by atoms with Gasteiger partial charge in [-0.25, -0.2) is 0 Å². The Bertz CT molecular complexity index is 578. The molecule has 20 heavy (non-hydrogen) atoms. The van der Waals surface area contributed by atoms with E-state index in [9.17, 15) is 4.79 Å². The van der Waals surface area contributed by atoms with Gasteiger partial charge < -0.3 is 5.32 Å². The van der Waals surface area contributed by atoms with Crippen LogP contribution in [0, 0.1) is 6.92 Å². The van der Waals surface area contributed by atoms with Crippen LogP contribution < -0.4 is 5.32 Å². The molecule has 1 atom stereocenters. The van der Waals surface area contributed by atoms with Crippen molar-refractivity contribution in [3.05, 3.63) is 70.2 Å². The Morgan fingerprint density at radius 3 is 2.50 bits per heavy atom. The van der Waals surface area contributed by atoms with Gasteiger partial charge in [-0.1, -0.05) is 41.9 Å². The lowest BCUT2D eigenvalue weighted by Crippen LogP contribution is -2.29. The normalized spacial score (nSPS) is 11.9. The maximum Gasteiger partial charge on any atom is 0.251 e. The van der Waals surface area contributed by atoms with E-state index >= 15 is 0 Å². The number of carbonyl (C=O) groups excluding carboxylic acids is 1. The van der Waals surface area contributed by atoms with Gasteiger partial charge in [-0.15, -0.1) is 11.6 Å². The van der Waals surface area contributed by atoms with Crippen molar-refractivity contribution in [2.24, 2.45) is 0 Å². The predicted octanol–water partition coefficient (Wildman–Crippen LogP) is 4.36. The summed E-state index contributed by atoms with van der Waals surface area (Å²) < 4.78 is 0. The first kappa shape index (κ1) is 14.9. The fourth-order valence-corrected chi connectivity index (χ4v) is 2.55. The molecule has 1 amide bonds. The van der Waals surface area contributed by atoms with E-state index in [1.807, 2.05) is 43.3 Å². The van der Waals surface area contributed by atoms with Crippen molar-refractivity contribution in [1.29, 1.82) is 0 Å². The third kappa shape index (κ3) is 3.75. The summed E-state index contributed by atoms with van der Waals surface area (Å²) in [5.74, 6) is 0.139. The maximum absolute atomic E-state index is 12.3. The average molecular weight is 308 g/mol. The molecule has 0 radical (unpaired) electrons. The zero-order chi connectivity index (χ0) is 14.5. The molecule has 4 heteroatoms. The van der Waals surface area contributed by atoms with Crippen molar-refractivity contribution in [1.82, 2.24) is 5.32 Å². The molecular weight excluding hydrogens is 293 g/mol. The monoisotopic (exact) mass is 307 g/mol. The quantitative estimate of drug-likeness (QED) is 0.836. The van der Waals surface area contributed by atoms with Crippen LogP contribution in [0.1, 0.15) is 27.5 Å². The summed E-state index contributed by atoms with van der Waals surface area (Å²) >= 11 is 11.9. The Kier molecular flexibility index (Phi) is 5.05. The summed E-state index contributed by atoms with van der Waals surface area (Å²) in [5, 5.41) is 3.48. The number of amides is 1.